The monoisotopic (exact) mass is 338 g/mol. The van der Waals surface area contributed by atoms with E-state index in [2.05, 4.69) is 32.7 Å². The quantitative estimate of drug-likeness (QED) is 0.757. The van der Waals surface area contributed by atoms with Crippen molar-refractivity contribution in [3.8, 4) is 0 Å². The molecule has 0 bridgehead atoms. The van der Waals surface area contributed by atoms with Gasteiger partial charge in [-0.05, 0) is 31.2 Å². The van der Waals surface area contributed by atoms with Crippen LogP contribution in [0.2, 0.25) is 0 Å². The molecule has 1 aromatic carbocycles. The summed E-state index contributed by atoms with van der Waals surface area (Å²) >= 11 is 0. The van der Waals surface area contributed by atoms with Crippen LogP contribution in [0.4, 0.5) is 5.95 Å². The Balaban J connectivity index is 1.41. The minimum Gasteiger partial charge on any atom is -0.352 e. The summed E-state index contributed by atoms with van der Waals surface area (Å²) in [5, 5.41) is 6.29. The van der Waals surface area contributed by atoms with Crippen molar-refractivity contribution in [3.05, 3.63) is 53.9 Å². The molecule has 1 aliphatic rings. The van der Waals surface area contributed by atoms with Crippen molar-refractivity contribution in [1.82, 2.24) is 15.3 Å². The van der Waals surface area contributed by atoms with Crippen LogP contribution in [0.5, 0.6) is 0 Å². The van der Waals surface area contributed by atoms with Gasteiger partial charge >= 0.3 is 0 Å². The number of hydrogen-bond acceptors (Lipinski definition) is 4. The highest BCUT2D eigenvalue weighted by Gasteiger charge is 2.14. The van der Waals surface area contributed by atoms with Crippen molar-refractivity contribution in [2.75, 3.05) is 11.9 Å². The predicted octanol–water partition coefficient (Wildman–Crippen LogP) is 3.58. The van der Waals surface area contributed by atoms with E-state index in [0.717, 1.165) is 12.8 Å². The average molecular weight is 338 g/mol. The molecule has 5 heteroatoms. The largest absolute Gasteiger partial charge is 0.352 e. The first kappa shape index (κ1) is 17.4. The van der Waals surface area contributed by atoms with Crippen LogP contribution in [-0.4, -0.2) is 28.5 Å². The van der Waals surface area contributed by atoms with Crippen molar-refractivity contribution in [1.29, 1.82) is 0 Å². The van der Waals surface area contributed by atoms with Gasteiger partial charge in [-0.3, -0.25) is 4.79 Å². The van der Waals surface area contributed by atoms with Gasteiger partial charge in [0.1, 0.15) is 0 Å². The highest BCUT2D eigenvalue weighted by molar-refractivity contribution is 5.93. The van der Waals surface area contributed by atoms with Gasteiger partial charge in [-0.2, -0.15) is 0 Å². The maximum absolute atomic E-state index is 12.1. The fourth-order valence-electron chi connectivity index (χ4n) is 3.19. The third kappa shape index (κ3) is 5.55. The molecule has 1 heterocycles. The van der Waals surface area contributed by atoms with Gasteiger partial charge in [0, 0.05) is 25.0 Å². The van der Waals surface area contributed by atoms with E-state index in [-0.39, 0.29) is 5.91 Å². The van der Waals surface area contributed by atoms with Crippen LogP contribution in [0.1, 0.15) is 54.4 Å². The maximum atomic E-state index is 12.1. The number of rotatable bonds is 7. The van der Waals surface area contributed by atoms with E-state index in [1.54, 1.807) is 12.4 Å². The Morgan fingerprint density at radius 1 is 1.04 bits per heavy atom. The second kappa shape index (κ2) is 9.16. The summed E-state index contributed by atoms with van der Waals surface area (Å²) in [5.74, 6) is 0.504. The van der Waals surface area contributed by atoms with Crippen LogP contribution in [0.15, 0.2) is 42.7 Å². The number of nitrogens with one attached hydrogen (secondary N) is 2. The SMILES string of the molecule is O=C(NCCCc1ccccc1)c1cnc(NC2CCCCC2)nc1. The molecule has 1 aliphatic carbocycles. The topological polar surface area (TPSA) is 66.9 Å². The molecule has 1 aromatic heterocycles. The summed E-state index contributed by atoms with van der Waals surface area (Å²) in [6.45, 7) is 0.649. The van der Waals surface area contributed by atoms with Gasteiger partial charge in [0.25, 0.3) is 5.91 Å². The molecule has 3 rings (SSSR count). The average Bonchev–Trinajstić information content (AvgIpc) is 2.67. The number of hydrogen-bond donors (Lipinski definition) is 2. The van der Waals surface area contributed by atoms with Crippen LogP contribution in [-0.2, 0) is 6.42 Å². The lowest BCUT2D eigenvalue weighted by molar-refractivity contribution is 0.0952. The van der Waals surface area contributed by atoms with Crippen LogP contribution < -0.4 is 10.6 Å². The molecule has 0 radical (unpaired) electrons. The molecule has 0 saturated heterocycles. The zero-order chi connectivity index (χ0) is 17.3. The van der Waals surface area contributed by atoms with Gasteiger partial charge in [-0.1, -0.05) is 49.6 Å². The predicted molar refractivity (Wildman–Crippen MR) is 99.6 cm³/mol. The zero-order valence-electron chi connectivity index (χ0n) is 14.6. The molecular weight excluding hydrogens is 312 g/mol. The summed E-state index contributed by atoms with van der Waals surface area (Å²) in [6, 6.07) is 10.8. The number of carbonyl (C=O) groups excluding carboxylic acids is 1. The van der Waals surface area contributed by atoms with Crippen LogP contribution in [0, 0.1) is 0 Å². The summed E-state index contributed by atoms with van der Waals surface area (Å²) < 4.78 is 0. The van der Waals surface area contributed by atoms with E-state index in [4.69, 9.17) is 0 Å². The lowest BCUT2D eigenvalue weighted by Crippen LogP contribution is -2.26. The summed E-state index contributed by atoms with van der Waals surface area (Å²) in [5.41, 5.74) is 1.80. The Kier molecular flexibility index (Phi) is 6.37. The summed E-state index contributed by atoms with van der Waals surface area (Å²) in [7, 11) is 0. The number of aryl methyl sites for hydroxylation is 1. The molecule has 1 amide bonds. The number of anilines is 1. The van der Waals surface area contributed by atoms with Crippen molar-refractivity contribution >= 4 is 11.9 Å². The van der Waals surface area contributed by atoms with Crippen molar-refractivity contribution < 1.29 is 4.79 Å². The van der Waals surface area contributed by atoms with E-state index in [0.29, 0.717) is 24.1 Å². The fraction of sp³-hybridized carbons (Fsp3) is 0.450. The Morgan fingerprint density at radius 3 is 2.48 bits per heavy atom. The highest BCUT2D eigenvalue weighted by atomic mass is 16.1. The molecule has 0 atom stereocenters. The Bertz CT molecular complexity index is 651. The van der Waals surface area contributed by atoms with Gasteiger partial charge in [-0.15, -0.1) is 0 Å². The van der Waals surface area contributed by atoms with E-state index in [1.165, 1.54) is 37.7 Å². The van der Waals surface area contributed by atoms with E-state index >= 15 is 0 Å². The number of nitrogens with zero attached hydrogens (tertiary/aromatic N) is 2. The molecule has 0 aliphatic heterocycles. The van der Waals surface area contributed by atoms with E-state index < -0.39 is 0 Å². The molecule has 1 saturated carbocycles. The van der Waals surface area contributed by atoms with Gasteiger partial charge < -0.3 is 10.6 Å². The standard InChI is InChI=1S/C20H26N4O/c25-19(21-13-7-10-16-8-3-1-4-9-16)17-14-22-20(23-15-17)24-18-11-5-2-6-12-18/h1,3-4,8-9,14-15,18H,2,5-7,10-13H2,(H,21,25)(H,22,23,24). The molecule has 0 spiro atoms. The van der Waals surface area contributed by atoms with Gasteiger partial charge in [0.2, 0.25) is 5.95 Å². The Hall–Kier alpha value is -2.43. The molecule has 1 fully saturated rings. The van der Waals surface area contributed by atoms with Gasteiger partial charge in [0.05, 0.1) is 5.56 Å². The van der Waals surface area contributed by atoms with Gasteiger partial charge in [-0.25, -0.2) is 9.97 Å². The normalized spacial score (nSPS) is 14.9. The minimum atomic E-state index is -0.114. The molecule has 132 valence electrons. The molecule has 2 N–H and O–H groups in total. The maximum Gasteiger partial charge on any atom is 0.254 e. The number of aromatic nitrogens is 2. The van der Waals surface area contributed by atoms with Gasteiger partial charge in [0.15, 0.2) is 0 Å². The molecule has 5 nitrogen and oxygen atoms in total. The third-order valence-corrected chi connectivity index (χ3v) is 4.62. The lowest BCUT2D eigenvalue weighted by Gasteiger charge is -2.22. The zero-order valence-corrected chi connectivity index (χ0v) is 14.6. The molecular formula is C20H26N4O. The summed E-state index contributed by atoms with van der Waals surface area (Å²) in [6.07, 6.45) is 11.3. The van der Waals surface area contributed by atoms with Crippen LogP contribution in [0.3, 0.4) is 0 Å². The van der Waals surface area contributed by atoms with Crippen LogP contribution >= 0.6 is 0 Å². The fourth-order valence-corrected chi connectivity index (χ4v) is 3.19. The number of benzene rings is 1. The van der Waals surface area contributed by atoms with Crippen molar-refractivity contribution in [2.24, 2.45) is 0 Å². The second-order valence-corrected chi connectivity index (χ2v) is 6.62. The lowest BCUT2D eigenvalue weighted by atomic mass is 9.96. The van der Waals surface area contributed by atoms with Crippen LogP contribution in [0.25, 0.3) is 0 Å². The highest BCUT2D eigenvalue weighted by Crippen LogP contribution is 2.19. The Morgan fingerprint density at radius 2 is 1.76 bits per heavy atom. The smallest absolute Gasteiger partial charge is 0.254 e. The van der Waals surface area contributed by atoms with Crippen molar-refractivity contribution in [3.63, 3.8) is 0 Å². The first-order valence-electron chi connectivity index (χ1n) is 9.22. The minimum absolute atomic E-state index is 0.114. The molecule has 2 aromatic rings. The molecule has 25 heavy (non-hydrogen) atoms. The third-order valence-electron chi connectivity index (χ3n) is 4.62. The summed E-state index contributed by atoms with van der Waals surface area (Å²) in [4.78, 5) is 20.7. The van der Waals surface area contributed by atoms with E-state index in [1.807, 2.05) is 18.2 Å². The first-order chi connectivity index (χ1) is 12.3. The Labute approximate surface area is 149 Å². The number of amides is 1. The second-order valence-electron chi connectivity index (χ2n) is 6.62. The number of carbonyl (C=O) groups is 1. The molecule has 0 unspecified atom stereocenters. The van der Waals surface area contributed by atoms with Crippen molar-refractivity contribution in [2.45, 2.75) is 51.0 Å². The first-order valence-corrected chi connectivity index (χ1v) is 9.22. The van der Waals surface area contributed by atoms with E-state index in [9.17, 15) is 4.79 Å².